The minimum absolute atomic E-state index is 0.228. The Morgan fingerprint density at radius 2 is 1.92 bits per heavy atom. The van der Waals surface area contributed by atoms with Crippen molar-refractivity contribution >= 4 is 11.9 Å². The lowest BCUT2D eigenvalue weighted by molar-refractivity contribution is -0.121. The molecule has 6 nitrogen and oxygen atoms in total. The first-order chi connectivity index (χ1) is 11.5. The van der Waals surface area contributed by atoms with Crippen molar-refractivity contribution in [2.24, 2.45) is 5.92 Å². The molecule has 24 heavy (non-hydrogen) atoms. The first-order valence-corrected chi connectivity index (χ1v) is 8.42. The number of ether oxygens (including phenoxy) is 1. The maximum absolute atomic E-state index is 12.1. The second-order valence-electron chi connectivity index (χ2n) is 6.64. The number of imide groups is 1. The summed E-state index contributed by atoms with van der Waals surface area (Å²) < 4.78 is 5.16. The second kappa shape index (κ2) is 8.68. The van der Waals surface area contributed by atoms with Crippen LogP contribution < -0.4 is 15.4 Å². The highest BCUT2D eigenvalue weighted by Crippen LogP contribution is 2.28. The summed E-state index contributed by atoms with van der Waals surface area (Å²) in [6, 6.07) is 7.84. The van der Waals surface area contributed by atoms with Crippen LogP contribution in [-0.2, 0) is 11.3 Å². The Morgan fingerprint density at radius 1 is 1.25 bits per heavy atom. The number of amides is 3. The van der Waals surface area contributed by atoms with Gasteiger partial charge in [-0.3, -0.25) is 15.0 Å². The van der Waals surface area contributed by atoms with E-state index in [9.17, 15) is 9.59 Å². The molecule has 0 spiro atoms. The minimum atomic E-state index is -0.422. The number of carbonyl (C=O) groups excluding carboxylic acids is 2. The Hall–Kier alpha value is -2.08. The fourth-order valence-corrected chi connectivity index (χ4v) is 2.41. The van der Waals surface area contributed by atoms with Crippen molar-refractivity contribution in [1.82, 2.24) is 15.5 Å². The molecule has 0 bridgehead atoms. The fraction of sp³-hybridized carbons (Fsp3) is 0.556. The van der Waals surface area contributed by atoms with Gasteiger partial charge in [-0.1, -0.05) is 26.0 Å². The molecule has 2 rings (SSSR count). The van der Waals surface area contributed by atoms with Crippen molar-refractivity contribution in [2.75, 3.05) is 20.2 Å². The molecule has 0 aromatic heterocycles. The van der Waals surface area contributed by atoms with E-state index in [0.717, 1.165) is 24.2 Å². The van der Waals surface area contributed by atoms with Gasteiger partial charge < -0.3 is 10.1 Å². The Bertz CT molecular complexity index is 553. The summed E-state index contributed by atoms with van der Waals surface area (Å²) in [5.74, 6) is 0.900. The van der Waals surface area contributed by atoms with E-state index < -0.39 is 6.03 Å². The van der Waals surface area contributed by atoms with Gasteiger partial charge in [0.15, 0.2) is 0 Å². The van der Waals surface area contributed by atoms with E-state index in [1.807, 2.05) is 38.1 Å². The molecule has 0 heterocycles. The summed E-state index contributed by atoms with van der Waals surface area (Å²) in [5, 5.41) is 5.09. The third kappa shape index (κ3) is 6.20. The van der Waals surface area contributed by atoms with Crippen LogP contribution in [0, 0.1) is 5.92 Å². The van der Waals surface area contributed by atoms with Crippen molar-refractivity contribution in [3.63, 3.8) is 0 Å². The molecule has 6 heteroatoms. The van der Waals surface area contributed by atoms with E-state index in [1.54, 1.807) is 7.11 Å². The number of nitrogens with zero attached hydrogens (tertiary/aromatic N) is 1. The van der Waals surface area contributed by atoms with Crippen molar-refractivity contribution in [3.05, 3.63) is 29.8 Å². The number of methoxy groups -OCH3 is 1. The SMILES string of the molecule is COc1ccc(CN(CC(=O)NC(=O)NCC(C)C)C2CC2)cc1. The minimum Gasteiger partial charge on any atom is -0.497 e. The van der Waals surface area contributed by atoms with Crippen LogP contribution in [0.3, 0.4) is 0 Å². The lowest BCUT2D eigenvalue weighted by Crippen LogP contribution is -2.45. The first-order valence-electron chi connectivity index (χ1n) is 8.42. The lowest BCUT2D eigenvalue weighted by atomic mass is 10.2. The van der Waals surface area contributed by atoms with Gasteiger partial charge in [0.1, 0.15) is 5.75 Å². The summed E-state index contributed by atoms with van der Waals surface area (Å²) in [7, 11) is 1.64. The van der Waals surface area contributed by atoms with E-state index in [1.165, 1.54) is 0 Å². The first kappa shape index (κ1) is 18.3. The highest BCUT2D eigenvalue weighted by atomic mass is 16.5. The normalized spacial score (nSPS) is 13.9. The smallest absolute Gasteiger partial charge is 0.321 e. The van der Waals surface area contributed by atoms with E-state index in [-0.39, 0.29) is 12.5 Å². The van der Waals surface area contributed by atoms with Gasteiger partial charge in [0.05, 0.1) is 13.7 Å². The second-order valence-corrected chi connectivity index (χ2v) is 6.64. The zero-order chi connectivity index (χ0) is 17.5. The van der Waals surface area contributed by atoms with Gasteiger partial charge in [0, 0.05) is 19.1 Å². The van der Waals surface area contributed by atoms with Gasteiger partial charge in [-0.15, -0.1) is 0 Å². The molecule has 1 aliphatic carbocycles. The molecule has 0 aliphatic heterocycles. The van der Waals surface area contributed by atoms with Crippen LogP contribution in [0.4, 0.5) is 4.79 Å². The molecule has 3 amide bonds. The Balaban J connectivity index is 1.84. The molecule has 1 aromatic rings. The summed E-state index contributed by atoms with van der Waals surface area (Å²) >= 11 is 0. The topological polar surface area (TPSA) is 70.7 Å². The largest absolute Gasteiger partial charge is 0.497 e. The zero-order valence-electron chi connectivity index (χ0n) is 14.7. The summed E-state index contributed by atoms with van der Waals surface area (Å²) in [6.45, 7) is 5.48. The Kier molecular flexibility index (Phi) is 6.61. The average Bonchev–Trinajstić information content (AvgIpc) is 3.38. The van der Waals surface area contributed by atoms with Gasteiger partial charge in [0.25, 0.3) is 0 Å². The maximum atomic E-state index is 12.1. The van der Waals surface area contributed by atoms with Gasteiger partial charge in [-0.25, -0.2) is 4.79 Å². The molecule has 1 aliphatic rings. The van der Waals surface area contributed by atoms with E-state index in [4.69, 9.17) is 4.74 Å². The molecule has 1 fully saturated rings. The lowest BCUT2D eigenvalue weighted by Gasteiger charge is -2.21. The quantitative estimate of drug-likeness (QED) is 0.765. The van der Waals surface area contributed by atoms with E-state index >= 15 is 0 Å². The number of carbonyl (C=O) groups is 2. The van der Waals surface area contributed by atoms with Crippen LogP contribution in [0.15, 0.2) is 24.3 Å². The van der Waals surface area contributed by atoms with Crippen LogP contribution in [-0.4, -0.2) is 43.1 Å². The molecule has 2 N–H and O–H groups in total. The molecule has 0 atom stereocenters. The predicted octanol–water partition coefficient (Wildman–Crippen LogP) is 2.14. The third-order valence-electron chi connectivity index (χ3n) is 3.88. The number of urea groups is 1. The molecule has 132 valence electrons. The van der Waals surface area contributed by atoms with Crippen LogP contribution >= 0.6 is 0 Å². The molecule has 0 saturated heterocycles. The molecule has 1 aromatic carbocycles. The van der Waals surface area contributed by atoms with Crippen molar-refractivity contribution in [2.45, 2.75) is 39.3 Å². The molecule has 0 unspecified atom stereocenters. The molecule has 1 saturated carbocycles. The van der Waals surface area contributed by atoms with Gasteiger partial charge in [-0.05, 0) is 36.5 Å². The Morgan fingerprint density at radius 3 is 2.46 bits per heavy atom. The average molecular weight is 333 g/mol. The molecule has 0 radical (unpaired) electrons. The molecular weight excluding hydrogens is 306 g/mol. The van der Waals surface area contributed by atoms with Crippen molar-refractivity contribution < 1.29 is 14.3 Å². The van der Waals surface area contributed by atoms with Gasteiger partial charge in [-0.2, -0.15) is 0 Å². The number of nitrogens with one attached hydrogen (secondary N) is 2. The highest BCUT2D eigenvalue weighted by molar-refractivity contribution is 5.95. The van der Waals surface area contributed by atoms with Crippen LogP contribution in [0.5, 0.6) is 5.75 Å². The fourth-order valence-electron chi connectivity index (χ4n) is 2.41. The van der Waals surface area contributed by atoms with Crippen LogP contribution in [0.2, 0.25) is 0 Å². The highest BCUT2D eigenvalue weighted by Gasteiger charge is 2.30. The number of hydrogen-bond donors (Lipinski definition) is 2. The van der Waals surface area contributed by atoms with Crippen molar-refractivity contribution in [3.8, 4) is 5.75 Å². The summed E-state index contributed by atoms with van der Waals surface area (Å²) in [4.78, 5) is 25.9. The van der Waals surface area contributed by atoms with E-state index in [2.05, 4.69) is 15.5 Å². The molecular formula is C18H27N3O3. The zero-order valence-corrected chi connectivity index (χ0v) is 14.7. The van der Waals surface area contributed by atoms with Crippen LogP contribution in [0.1, 0.15) is 32.3 Å². The number of hydrogen-bond acceptors (Lipinski definition) is 4. The maximum Gasteiger partial charge on any atom is 0.321 e. The Labute approximate surface area is 143 Å². The number of benzene rings is 1. The van der Waals surface area contributed by atoms with Crippen molar-refractivity contribution in [1.29, 1.82) is 0 Å². The van der Waals surface area contributed by atoms with Gasteiger partial charge in [0.2, 0.25) is 5.91 Å². The van der Waals surface area contributed by atoms with E-state index in [0.29, 0.717) is 25.0 Å². The monoisotopic (exact) mass is 333 g/mol. The van der Waals surface area contributed by atoms with Gasteiger partial charge >= 0.3 is 6.03 Å². The number of rotatable bonds is 8. The third-order valence-corrected chi connectivity index (χ3v) is 3.88. The summed E-state index contributed by atoms with van der Waals surface area (Å²) in [6.07, 6.45) is 2.20. The predicted molar refractivity (Wildman–Crippen MR) is 92.8 cm³/mol. The summed E-state index contributed by atoms with van der Waals surface area (Å²) in [5.41, 5.74) is 1.12. The standard InChI is InChI=1S/C18H27N3O3/c1-13(2)10-19-18(23)20-17(22)12-21(15-6-7-15)11-14-4-8-16(24-3)9-5-14/h4-5,8-9,13,15H,6-7,10-12H2,1-3H3,(H2,19,20,22,23). The van der Waals surface area contributed by atoms with Crippen LogP contribution in [0.25, 0.3) is 0 Å².